The number of aliphatic imine (C=N–C) groups is 1. The van der Waals surface area contributed by atoms with Gasteiger partial charge in [0.1, 0.15) is 22.7 Å². The summed E-state index contributed by atoms with van der Waals surface area (Å²) in [5, 5.41) is 0.173. The van der Waals surface area contributed by atoms with Crippen molar-refractivity contribution in [3.05, 3.63) is 57.9 Å². The van der Waals surface area contributed by atoms with E-state index in [9.17, 15) is 22.4 Å². The minimum absolute atomic E-state index is 0.0400. The highest BCUT2D eigenvalue weighted by molar-refractivity contribution is 6.33. The number of alkyl halides is 3. The molecule has 3 rings (SSSR count). The summed E-state index contributed by atoms with van der Waals surface area (Å²) in [7, 11) is 0. The molecule has 0 saturated carbocycles. The number of pyridine rings is 2. The van der Waals surface area contributed by atoms with Crippen LogP contribution < -0.4 is 0 Å². The lowest BCUT2D eigenvalue weighted by atomic mass is 9.88. The number of ketones is 1. The third-order valence-corrected chi connectivity index (χ3v) is 4.95. The lowest BCUT2D eigenvalue weighted by molar-refractivity contribution is -0.208. The molecule has 1 aliphatic heterocycles. The van der Waals surface area contributed by atoms with Crippen molar-refractivity contribution in [2.45, 2.75) is 51.4 Å². The first-order chi connectivity index (χ1) is 13.9. The standard InChI is InChI=1S/C20H18ClF4N3O2/c1-10-6-13(21)17(26-9-10)15(29)7-12-4-5-14(22)18(27-12)19(3)8-16(20(23,24)25)30-11(2)28-19/h4-6,9,16H,7-8H2,1-3H3/t16-,19-/m0/s1. The quantitative estimate of drug-likeness (QED) is 0.493. The van der Waals surface area contributed by atoms with Crippen LogP contribution in [0.5, 0.6) is 0 Å². The van der Waals surface area contributed by atoms with E-state index in [1.54, 1.807) is 13.0 Å². The van der Waals surface area contributed by atoms with Gasteiger partial charge in [0.25, 0.3) is 0 Å². The molecule has 0 radical (unpaired) electrons. The Labute approximate surface area is 175 Å². The van der Waals surface area contributed by atoms with E-state index in [2.05, 4.69) is 15.0 Å². The molecule has 30 heavy (non-hydrogen) atoms. The highest BCUT2D eigenvalue weighted by Crippen LogP contribution is 2.40. The first-order valence-electron chi connectivity index (χ1n) is 9.00. The third kappa shape index (κ3) is 4.61. The van der Waals surface area contributed by atoms with Gasteiger partial charge in [-0.1, -0.05) is 11.6 Å². The van der Waals surface area contributed by atoms with Gasteiger partial charge in [-0.3, -0.25) is 14.8 Å². The van der Waals surface area contributed by atoms with Gasteiger partial charge in [0.2, 0.25) is 0 Å². The number of ether oxygens (including phenoxy) is 1. The van der Waals surface area contributed by atoms with Crippen LogP contribution in [0.3, 0.4) is 0 Å². The highest BCUT2D eigenvalue weighted by Gasteiger charge is 2.50. The minimum Gasteiger partial charge on any atom is -0.468 e. The molecule has 0 amide bonds. The molecule has 1 aliphatic rings. The van der Waals surface area contributed by atoms with Crippen LogP contribution in [0.1, 0.15) is 47.7 Å². The summed E-state index contributed by atoms with van der Waals surface area (Å²) in [6.45, 7) is 4.39. The van der Waals surface area contributed by atoms with Crippen LogP contribution in [0.15, 0.2) is 29.4 Å². The third-order valence-electron chi connectivity index (χ3n) is 4.66. The fourth-order valence-electron chi connectivity index (χ4n) is 3.31. The van der Waals surface area contributed by atoms with Crippen molar-refractivity contribution in [2.24, 2.45) is 4.99 Å². The van der Waals surface area contributed by atoms with Crippen molar-refractivity contribution in [2.75, 3.05) is 0 Å². The van der Waals surface area contributed by atoms with E-state index in [1.165, 1.54) is 26.1 Å². The average molecular weight is 444 g/mol. The van der Waals surface area contributed by atoms with Crippen molar-refractivity contribution < 1.29 is 27.1 Å². The monoisotopic (exact) mass is 443 g/mol. The molecule has 3 heterocycles. The maximum atomic E-state index is 14.5. The van der Waals surface area contributed by atoms with Crippen LogP contribution in [0.2, 0.25) is 5.02 Å². The number of nitrogens with zero attached hydrogens (tertiary/aromatic N) is 3. The van der Waals surface area contributed by atoms with E-state index in [-0.39, 0.29) is 34.4 Å². The van der Waals surface area contributed by atoms with Crippen LogP contribution in [0, 0.1) is 12.7 Å². The molecular weight excluding hydrogens is 426 g/mol. The summed E-state index contributed by atoms with van der Waals surface area (Å²) in [6, 6.07) is 3.94. The zero-order valence-electron chi connectivity index (χ0n) is 16.3. The predicted molar refractivity (Wildman–Crippen MR) is 102 cm³/mol. The number of halogens is 5. The summed E-state index contributed by atoms with van der Waals surface area (Å²) >= 11 is 6.06. The minimum atomic E-state index is -4.64. The van der Waals surface area contributed by atoms with E-state index >= 15 is 0 Å². The van der Waals surface area contributed by atoms with Crippen LogP contribution in [0.4, 0.5) is 17.6 Å². The summed E-state index contributed by atoms with van der Waals surface area (Å²) in [5.74, 6) is -1.49. The Morgan fingerprint density at radius 2 is 2.03 bits per heavy atom. The van der Waals surface area contributed by atoms with Crippen molar-refractivity contribution in [3.8, 4) is 0 Å². The second kappa shape index (κ2) is 7.94. The van der Waals surface area contributed by atoms with Crippen molar-refractivity contribution >= 4 is 23.3 Å². The van der Waals surface area contributed by atoms with Crippen molar-refractivity contribution in [3.63, 3.8) is 0 Å². The number of rotatable bonds is 4. The predicted octanol–water partition coefficient (Wildman–Crippen LogP) is 4.99. The van der Waals surface area contributed by atoms with Crippen molar-refractivity contribution in [1.29, 1.82) is 0 Å². The van der Waals surface area contributed by atoms with Gasteiger partial charge in [0, 0.05) is 25.2 Å². The highest BCUT2D eigenvalue weighted by atomic mass is 35.5. The summed E-state index contributed by atoms with van der Waals surface area (Å²) in [6.07, 6.45) is -6.18. The molecule has 0 aromatic carbocycles. The SMILES string of the molecule is CC1=N[C@](C)(c2nc(CC(=O)c3ncc(C)cc3Cl)ccc2F)C[C@@H](C(F)(F)F)O1. The molecule has 0 spiro atoms. The molecule has 0 saturated heterocycles. The van der Waals surface area contributed by atoms with E-state index in [0.29, 0.717) is 0 Å². The molecule has 0 unspecified atom stereocenters. The van der Waals surface area contributed by atoms with Gasteiger partial charge in [-0.05, 0) is 37.6 Å². The lowest BCUT2D eigenvalue weighted by Crippen LogP contribution is -2.43. The normalized spacial score (nSPS) is 21.7. The first kappa shape index (κ1) is 22.1. The molecular formula is C20H18ClF4N3O2. The van der Waals surface area contributed by atoms with Crippen LogP contribution in [-0.2, 0) is 16.7 Å². The van der Waals surface area contributed by atoms with E-state index in [0.717, 1.165) is 11.6 Å². The first-order valence-corrected chi connectivity index (χ1v) is 9.38. The summed E-state index contributed by atoms with van der Waals surface area (Å²) in [5.41, 5.74) is -0.908. The zero-order chi connectivity index (χ0) is 22.3. The number of carbonyl (C=O) groups is 1. The van der Waals surface area contributed by atoms with E-state index < -0.39 is 35.8 Å². The number of hydrogen-bond donors (Lipinski definition) is 0. The van der Waals surface area contributed by atoms with Crippen LogP contribution in [-0.4, -0.2) is 33.9 Å². The van der Waals surface area contributed by atoms with Gasteiger partial charge in [-0.15, -0.1) is 0 Å². The topological polar surface area (TPSA) is 64.4 Å². The maximum Gasteiger partial charge on any atom is 0.425 e. The Hall–Kier alpha value is -2.55. The average Bonchev–Trinajstić information content (AvgIpc) is 2.61. The van der Waals surface area contributed by atoms with Crippen LogP contribution >= 0.6 is 11.6 Å². The van der Waals surface area contributed by atoms with Gasteiger partial charge >= 0.3 is 6.18 Å². The number of aromatic nitrogens is 2. The molecule has 0 aliphatic carbocycles. The van der Waals surface area contributed by atoms with Gasteiger partial charge < -0.3 is 4.74 Å². The lowest BCUT2D eigenvalue weighted by Gasteiger charge is -2.35. The van der Waals surface area contributed by atoms with Crippen molar-refractivity contribution in [1.82, 2.24) is 9.97 Å². The number of hydrogen-bond acceptors (Lipinski definition) is 5. The van der Waals surface area contributed by atoms with Gasteiger partial charge in [-0.2, -0.15) is 13.2 Å². The Morgan fingerprint density at radius 1 is 1.33 bits per heavy atom. The largest absolute Gasteiger partial charge is 0.468 e. The van der Waals surface area contributed by atoms with Crippen LogP contribution in [0.25, 0.3) is 0 Å². The Kier molecular flexibility index (Phi) is 5.86. The zero-order valence-corrected chi connectivity index (χ0v) is 17.1. The molecule has 2 aromatic rings. The molecule has 0 fully saturated rings. The number of carbonyl (C=O) groups excluding carboxylic acids is 1. The molecule has 0 N–H and O–H groups in total. The molecule has 160 valence electrons. The summed E-state index contributed by atoms with van der Waals surface area (Å²) in [4.78, 5) is 24.8. The Balaban J connectivity index is 1.93. The van der Waals surface area contributed by atoms with E-state index in [1.807, 2.05) is 0 Å². The number of aryl methyl sites for hydroxylation is 1. The second-order valence-corrected chi connectivity index (χ2v) is 7.74. The molecule has 5 nitrogen and oxygen atoms in total. The molecule has 2 atom stereocenters. The van der Waals surface area contributed by atoms with Gasteiger partial charge in [0.05, 0.1) is 11.4 Å². The fraction of sp³-hybridized carbons (Fsp3) is 0.400. The second-order valence-electron chi connectivity index (χ2n) is 7.33. The number of Topliss-reactive ketones (excluding diaryl/α,β-unsaturated/α-hetero) is 1. The smallest absolute Gasteiger partial charge is 0.425 e. The maximum absolute atomic E-state index is 14.5. The van der Waals surface area contributed by atoms with E-state index in [4.69, 9.17) is 16.3 Å². The summed E-state index contributed by atoms with van der Waals surface area (Å²) < 4.78 is 59.0. The Bertz CT molecular complexity index is 1030. The fourth-order valence-corrected chi connectivity index (χ4v) is 3.63. The molecule has 10 heteroatoms. The molecule has 2 aromatic heterocycles. The van der Waals surface area contributed by atoms with Gasteiger partial charge in [0.15, 0.2) is 17.8 Å². The molecule has 0 bridgehead atoms. The Morgan fingerprint density at radius 3 is 2.67 bits per heavy atom. The van der Waals surface area contributed by atoms with Gasteiger partial charge in [-0.25, -0.2) is 9.38 Å².